The molecule has 0 unspecified atom stereocenters. The van der Waals surface area contributed by atoms with Crippen LogP contribution in [0.1, 0.15) is 47.4 Å². The number of piperidine rings is 1. The van der Waals surface area contributed by atoms with Crippen molar-refractivity contribution in [2.75, 3.05) is 19.6 Å². The molecule has 4 atom stereocenters. The molecule has 0 saturated carbocycles. The summed E-state index contributed by atoms with van der Waals surface area (Å²) in [5, 5.41) is 20.8. The van der Waals surface area contributed by atoms with Crippen LogP contribution >= 0.6 is 34.0 Å². The van der Waals surface area contributed by atoms with E-state index in [4.69, 9.17) is 11.5 Å². The third-order valence-corrected chi connectivity index (χ3v) is 13.0. The van der Waals surface area contributed by atoms with Gasteiger partial charge in [-0.15, -0.1) is 22.7 Å². The summed E-state index contributed by atoms with van der Waals surface area (Å²) < 4.78 is 2.10. The van der Waals surface area contributed by atoms with Crippen molar-refractivity contribution in [3.8, 4) is 0 Å². The highest BCUT2D eigenvalue weighted by Gasteiger charge is 2.33. The predicted molar refractivity (Wildman–Crippen MR) is 224 cm³/mol. The number of carbonyl (C=O) groups excluding carboxylic acids is 5. The molecule has 0 bridgehead atoms. The highest BCUT2D eigenvalue weighted by molar-refractivity contribution is 7.19. The number of rotatable bonds is 19. The van der Waals surface area contributed by atoms with Crippen LogP contribution in [0.5, 0.6) is 0 Å². The maximum atomic E-state index is 14.4. The van der Waals surface area contributed by atoms with Crippen molar-refractivity contribution in [3.05, 3.63) is 92.8 Å². The Hall–Kier alpha value is -4.67. The maximum absolute atomic E-state index is 14.4. The standard InChI is InChI=1S/C41H49N7O5S3/c42-15-6-5-9-31(37(43)49)45-39(51)32(19-25-14-18-54-24-25)47-41(53)34(23-30-21-28-8-2-4-11-36(28)56-30)48-40(52)33(46-38(50)26-12-16-44-17-13-26)22-29-20-27-7-1-3-10-35(27)55-29/h1-4,7-8,10-11,14,18,20-21,24,26,31-34,44H,5-6,9,12-13,15-17,19,22-23,42H2,(H2,43,49)(H,45,51)(H,46,50)(H,47,53)(H,48,52)/t31-,32-,33+,34+/m0/s1. The third-order valence-electron chi connectivity index (χ3n) is 10.00. The van der Waals surface area contributed by atoms with Gasteiger partial charge in [-0.25, -0.2) is 0 Å². The minimum Gasteiger partial charge on any atom is -0.368 e. The summed E-state index contributed by atoms with van der Waals surface area (Å²) in [6.45, 7) is 1.88. The summed E-state index contributed by atoms with van der Waals surface area (Å²) in [5.74, 6) is -2.75. The van der Waals surface area contributed by atoms with E-state index in [-0.39, 0.29) is 31.1 Å². The second-order valence-electron chi connectivity index (χ2n) is 14.2. The molecule has 2 aromatic carbocycles. The second-order valence-corrected chi connectivity index (χ2v) is 17.3. The summed E-state index contributed by atoms with van der Waals surface area (Å²) in [7, 11) is 0. The number of thiophene rings is 3. The lowest BCUT2D eigenvalue weighted by molar-refractivity contribution is -0.135. The molecule has 12 nitrogen and oxygen atoms in total. The molecule has 1 saturated heterocycles. The Kier molecular flexibility index (Phi) is 14.6. The zero-order chi connectivity index (χ0) is 39.4. The normalized spacial score (nSPS) is 15.4. The fourth-order valence-electron chi connectivity index (χ4n) is 6.92. The van der Waals surface area contributed by atoms with E-state index in [1.54, 1.807) is 11.3 Å². The topological polar surface area (TPSA) is 198 Å². The summed E-state index contributed by atoms with van der Waals surface area (Å²) in [6, 6.07) is 17.6. The second kappa shape index (κ2) is 20.0. The van der Waals surface area contributed by atoms with Gasteiger partial charge < -0.3 is 38.1 Å². The largest absolute Gasteiger partial charge is 0.368 e. The minimum absolute atomic E-state index is 0.143. The number of primary amides is 1. The zero-order valence-corrected chi connectivity index (χ0v) is 33.5. The van der Waals surface area contributed by atoms with Crippen LogP contribution in [0, 0.1) is 5.92 Å². The molecule has 296 valence electrons. The molecule has 3 aromatic heterocycles. The molecule has 1 aliphatic rings. The Morgan fingerprint density at radius 3 is 1.75 bits per heavy atom. The molecule has 5 amide bonds. The van der Waals surface area contributed by atoms with Crippen molar-refractivity contribution >= 4 is 83.7 Å². The Morgan fingerprint density at radius 2 is 1.23 bits per heavy atom. The van der Waals surface area contributed by atoms with Gasteiger partial charge in [0.05, 0.1) is 0 Å². The minimum atomic E-state index is -1.11. The Bertz CT molecular complexity index is 2040. The lowest BCUT2D eigenvalue weighted by Crippen LogP contribution is -2.59. The molecular weight excluding hydrogens is 767 g/mol. The molecule has 9 N–H and O–H groups in total. The Labute approximate surface area is 338 Å². The lowest BCUT2D eigenvalue weighted by atomic mass is 9.96. The predicted octanol–water partition coefficient (Wildman–Crippen LogP) is 3.76. The van der Waals surface area contributed by atoms with E-state index in [0.29, 0.717) is 38.6 Å². The molecule has 1 fully saturated rings. The van der Waals surface area contributed by atoms with Gasteiger partial charge in [0.15, 0.2) is 0 Å². The average molecular weight is 816 g/mol. The van der Waals surface area contributed by atoms with Crippen LogP contribution in [0.4, 0.5) is 0 Å². The van der Waals surface area contributed by atoms with E-state index in [0.717, 1.165) is 48.6 Å². The van der Waals surface area contributed by atoms with Gasteiger partial charge in [-0.1, -0.05) is 36.4 Å². The van der Waals surface area contributed by atoms with Crippen molar-refractivity contribution in [2.45, 2.75) is 75.5 Å². The number of hydrogen-bond donors (Lipinski definition) is 7. The van der Waals surface area contributed by atoms with Gasteiger partial charge in [-0.05, 0) is 109 Å². The number of fused-ring (bicyclic) bond motifs is 2. The van der Waals surface area contributed by atoms with Crippen LogP contribution in [0.3, 0.4) is 0 Å². The summed E-state index contributed by atoms with van der Waals surface area (Å²) in [6.07, 6.45) is 3.42. The number of unbranched alkanes of at least 4 members (excludes halogenated alkanes) is 1. The van der Waals surface area contributed by atoms with Crippen LogP contribution in [0.25, 0.3) is 20.2 Å². The van der Waals surface area contributed by atoms with E-state index in [9.17, 15) is 24.0 Å². The summed E-state index contributed by atoms with van der Waals surface area (Å²) >= 11 is 4.54. The van der Waals surface area contributed by atoms with Crippen molar-refractivity contribution in [1.29, 1.82) is 0 Å². The average Bonchev–Trinajstić information content (AvgIpc) is 3.96. The van der Waals surface area contributed by atoms with Gasteiger partial charge >= 0.3 is 0 Å². The number of nitrogens with two attached hydrogens (primary N) is 2. The fraction of sp³-hybridized carbons (Fsp3) is 0.390. The molecule has 0 spiro atoms. The van der Waals surface area contributed by atoms with Crippen molar-refractivity contribution in [3.63, 3.8) is 0 Å². The number of amides is 5. The molecule has 5 aromatic rings. The van der Waals surface area contributed by atoms with Crippen LogP contribution in [-0.4, -0.2) is 73.3 Å². The summed E-state index contributed by atoms with van der Waals surface area (Å²) in [4.78, 5) is 70.4. The fourth-order valence-corrected chi connectivity index (χ4v) is 9.82. The van der Waals surface area contributed by atoms with E-state index in [1.807, 2.05) is 77.5 Å². The van der Waals surface area contributed by atoms with Gasteiger partial charge in [0.2, 0.25) is 29.5 Å². The molecule has 15 heteroatoms. The van der Waals surface area contributed by atoms with Crippen molar-refractivity contribution in [1.82, 2.24) is 26.6 Å². The number of benzene rings is 2. The smallest absolute Gasteiger partial charge is 0.243 e. The van der Waals surface area contributed by atoms with Crippen LogP contribution < -0.4 is 38.1 Å². The highest BCUT2D eigenvalue weighted by Crippen LogP contribution is 2.28. The molecule has 4 heterocycles. The number of nitrogens with one attached hydrogen (secondary N) is 5. The maximum Gasteiger partial charge on any atom is 0.243 e. The first-order valence-electron chi connectivity index (χ1n) is 19.0. The molecule has 0 radical (unpaired) electrons. The molecule has 1 aliphatic heterocycles. The van der Waals surface area contributed by atoms with Crippen LogP contribution in [0.2, 0.25) is 0 Å². The van der Waals surface area contributed by atoms with E-state index in [2.05, 4.69) is 26.6 Å². The van der Waals surface area contributed by atoms with Gasteiger partial charge in [-0.3, -0.25) is 24.0 Å². The number of carbonyl (C=O) groups is 5. The van der Waals surface area contributed by atoms with Crippen molar-refractivity contribution in [2.24, 2.45) is 17.4 Å². The third kappa shape index (κ3) is 11.2. The molecular formula is C41H49N7O5S3. The SMILES string of the molecule is NCCCC[C@H](NC(=O)[C@H](Cc1ccsc1)NC(=O)[C@@H](Cc1cc2ccccc2s1)NC(=O)[C@@H](Cc1cc2ccccc2s1)NC(=O)C1CCNCC1)C(N)=O. The van der Waals surface area contributed by atoms with Crippen LogP contribution in [-0.2, 0) is 43.2 Å². The molecule has 0 aliphatic carbocycles. The van der Waals surface area contributed by atoms with E-state index < -0.39 is 47.8 Å². The Balaban J connectivity index is 1.27. The van der Waals surface area contributed by atoms with E-state index >= 15 is 0 Å². The molecule has 6 rings (SSSR count). The van der Waals surface area contributed by atoms with Gasteiger partial charge in [0.25, 0.3) is 0 Å². The first-order chi connectivity index (χ1) is 27.2. The van der Waals surface area contributed by atoms with Gasteiger partial charge in [0, 0.05) is 44.3 Å². The highest BCUT2D eigenvalue weighted by atomic mass is 32.1. The monoisotopic (exact) mass is 815 g/mol. The first kappa shape index (κ1) is 41.0. The summed E-state index contributed by atoms with van der Waals surface area (Å²) in [5.41, 5.74) is 12.1. The van der Waals surface area contributed by atoms with Gasteiger partial charge in [-0.2, -0.15) is 11.3 Å². The van der Waals surface area contributed by atoms with Crippen molar-refractivity contribution < 1.29 is 24.0 Å². The quantitative estimate of drug-likeness (QED) is 0.0616. The van der Waals surface area contributed by atoms with Gasteiger partial charge in [0.1, 0.15) is 24.2 Å². The number of hydrogen-bond acceptors (Lipinski definition) is 10. The first-order valence-corrected chi connectivity index (χ1v) is 21.6. The lowest BCUT2D eigenvalue weighted by Gasteiger charge is -2.27. The molecule has 56 heavy (non-hydrogen) atoms. The van der Waals surface area contributed by atoms with E-state index in [1.165, 1.54) is 22.7 Å². The Morgan fingerprint density at radius 1 is 0.696 bits per heavy atom. The van der Waals surface area contributed by atoms with Crippen LogP contribution in [0.15, 0.2) is 77.5 Å². The zero-order valence-electron chi connectivity index (χ0n) is 31.1.